The zero-order chi connectivity index (χ0) is 24.7. The van der Waals surface area contributed by atoms with Crippen LogP contribution in [0.2, 0.25) is 0 Å². The molecule has 0 aliphatic rings. The third-order valence-corrected chi connectivity index (χ3v) is 5.07. The van der Waals surface area contributed by atoms with Gasteiger partial charge in [-0.2, -0.15) is 0 Å². The van der Waals surface area contributed by atoms with Gasteiger partial charge in [0, 0.05) is 13.2 Å². The summed E-state index contributed by atoms with van der Waals surface area (Å²) in [5, 5.41) is 15.0. The van der Waals surface area contributed by atoms with E-state index >= 15 is 0 Å². The molecule has 0 aliphatic carbocycles. The summed E-state index contributed by atoms with van der Waals surface area (Å²) < 4.78 is 12.2. The standard InChI is InChI=1S/C25H27N3O6/c1-4-33-22(30)15-19(26-25(32)27-23-20(29)13-14-28(3)24(23)31)17-9-11-18(12-10-17)34-21-8-6-5-7-16(21)2/h5-14,19,29H,4,15H2,1-3H3,(H2,26,27,32). The second-order valence-electron chi connectivity index (χ2n) is 7.59. The predicted molar refractivity (Wildman–Crippen MR) is 127 cm³/mol. The number of aromatic nitrogens is 1. The van der Waals surface area contributed by atoms with Crippen molar-refractivity contribution in [1.82, 2.24) is 9.88 Å². The zero-order valence-electron chi connectivity index (χ0n) is 19.2. The second kappa shape index (κ2) is 11.0. The molecule has 2 aromatic carbocycles. The number of urea groups is 1. The fraction of sp³-hybridized carbons (Fsp3) is 0.240. The highest BCUT2D eigenvalue weighted by atomic mass is 16.5. The Bertz CT molecular complexity index is 1220. The molecule has 0 aliphatic heterocycles. The van der Waals surface area contributed by atoms with E-state index in [4.69, 9.17) is 9.47 Å². The van der Waals surface area contributed by atoms with Gasteiger partial charge in [0.15, 0.2) is 5.69 Å². The number of amides is 2. The van der Waals surface area contributed by atoms with Crippen LogP contribution in [0.4, 0.5) is 10.5 Å². The lowest BCUT2D eigenvalue weighted by atomic mass is 10.0. The Morgan fingerprint density at radius 1 is 1.09 bits per heavy atom. The first kappa shape index (κ1) is 24.4. The van der Waals surface area contributed by atoms with E-state index in [0.717, 1.165) is 11.3 Å². The van der Waals surface area contributed by atoms with Crippen molar-refractivity contribution in [2.45, 2.75) is 26.3 Å². The van der Waals surface area contributed by atoms with E-state index in [1.54, 1.807) is 31.2 Å². The lowest BCUT2D eigenvalue weighted by Gasteiger charge is -2.19. The van der Waals surface area contributed by atoms with Gasteiger partial charge in [-0.15, -0.1) is 0 Å². The highest BCUT2D eigenvalue weighted by Gasteiger charge is 2.21. The number of carbonyl (C=O) groups is 2. The van der Waals surface area contributed by atoms with Gasteiger partial charge in [0.05, 0.1) is 19.1 Å². The lowest BCUT2D eigenvalue weighted by Crippen LogP contribution is -2.36. The van der Waals surface area contributed by atoms with Crippen LogP contribution in [0.25, 0.3) is 0 Å². The SMILES string of the molecule is CCOC(=O)CC(NC(=O)Nc1c(O)ccn(C)c1=O)c1ccc(Oc2ccccc2C)cc1. The first-order valence-corrected chi connectivity index (χ1v) is 10.7. The molecule has 0 saturated heterocycles. The van der Waals surface area contributed by atoms with Crippen LogP contribution in [0, 0.1) is 6.92 Å². The van der Waals surface area contributed by atoms with Gasteiger partial charge in [0.1, 0.15) is 17.2 Å². The summed E-state index contributed by atoms with van der Waals surface area (Å²) in [7, 11) is 1.50. The van der Waals surface area contributed by atoms with Crippen LogP contribution < -0.4 is 20.9 Å². The summed E-state index contributed by atoms with van der Waals surface area (Å²) in [6.45, 7) is 3.84. The quantitative estimate of drug-likeness (QED) is 0.433. The topological polar surface area (TPSA) is 119 Å². The van der Waals surface area contributed by atoms with E-state index < -0.39 is 23.6 Å². The highest BCUT2D eigenvalue weighted by Crippen LogP contribution is 2.27. The molecule has 2 amide bonds. The third-order valence-electron chi connectivity index (χ3n) is 5.07. The van der Waals surface area contributed by atoms with Crippen LogP contribution in [-0.2, 0) is 16.6 Å². The minimum absolute atomic E-state index is 0.127. The summed E-state index contributed by atoms with van der Waals surface area (Å²) in [4.78, 5) is 37.0. The Labute approximate surface area is 197 Å². The molecule has 0 bridgehead atoms. The third kappa shape index (κ3) is 6.16. The minimum atomic E-state index is -0.756. The van der Waals surface area contributed by atoms with Crippen molar-refractivity contribution in [2.24, 2.45) is 7.05 Å². The molecule has 9 nitrogen and oxygen atoms in total. The van der Waals surface area contributed by atoms with Gasteiger partial charge in [0.25, 0.3) is 5.56 Å². The first-order chi connectivity index (χ1) is 16.3. The monoisotopic (exact) mass is 465 g/mol. The number of esters is 1. The van der Waals surface area contributed by atoms with Crippen LogP contribution in [-0.4, -0.2) is 28.3 Å². The molecule has 0 radical (unpaired) electrons. The van der Waals surface area contributed by atoms with E-state index in [0.29, 0.717) is 11.3 Å². The van der Waals surface area contributed by atoms with Gasteiger partial charge in [-0.3, -0.25) is 9.59 Å². The largest absolute Gasteiger partial charge is 0.505 e. The lowest BCUT2D eigenvalue weighted by molar-refractivity contribution is -0.143. The Morgan fingerprint density at radius 2 is 1.79 bits per heavy atom. The maximum absolute atomic E-state index is 12.6. The Morgan fingerprint density at radius 3 is 2.47 bits per heavy atom. The number of aromatic hydroxyl groups is 1. The molecule has 3 rings (SSSR count). The molecule has 178 valence electrons. The van der Waals surface area contributed by atoms with Crippen molar-refractivity contribution in [1.29, 1.82) is 0 Å². The average Bonchev–Trinajstić information content (AvgIpc) is 2.81. The summed E-state index contributed by atoms with van der Waals surface area (Å²) in [6, 6.07) is 14.3. The van der Waals surface area contributed by atoms with E-state index in [2.05, 4.69) is 10.6 Å². The van der Waals surface area contributed by atoms with Crippen LogP contribution in [0.5, 0.6) is 17.2 Å². The predicted octanol–water partition coefficient (Wildman–Crippen LogP) is 4.01. The van der Waals surface area contributed by atoms with Crippen LogP contribution in [0.1, 0.15) is 30.5 Å². The Balaban J connectivity index is 1.78. The number of aryl methyl sites for hydroxylation is 2. The molecule has 3 aromatic rings. The van der Waals surface area contributed by atoms with Gasteiger partial charge < -0.3 is 29.8 Å². The van der Waals surface area contributed by atoms with Gasteiger partial charge in [-0.1, -0.05) is 30.3 Å². The number of para-hydroxylation sites is 1. The number of hydrogen-bond donors (Lipinski definition) is 3. The number of nitrogens with zero attached hydrogens (tertiary/aromatic N) is 1. The number of rotatable bonds is 8. The Kier molecular flexibility index (Phi) is 7.92. The number of nitrogens with one attached hydrogen (secondary N) is 2. The molecule has 1 unspecified atom stereocenters. The van der Waals surface area contributed by atoms with E-state index in [-0.39, 0.29) is 24.5 Å². The molecule has 0 fully saturated rings. The fourth-order valence-electron chi connectivity index (χ4n) is 3.25. The van der Waals surface area contributed by atoms with Crippen LogP contribution in [0.3, 0.4) is 0 Å². The summed E-state index contributed by atoms with van der Waals surface area (Å²) in [6.07, 6.45) is 1.25. The maximum atomic E-state index is 12.6. The molecule has 1 heterocycles. The maximum Gasteiger partial charge on any atom is 0.319 e. The van der Waals surface area contributed by atoms with Gasteiger partial charge >= 0.3 is 12.0 Å². The first-order valence-electron chi connectivity index (χ1n) is 10.7. The number of hydrogen-bond acceptors (Lipinski definition) is 6. The number of ether oxygens (including phenoxy) is 2. The second-order valence-corrected chi connectivity index (χ2v) is 7.59. The minimum Gasteiger partial charge on any atom is -0.505 e. The molecule has 0 spiro atoms. The van der Waals surface area contributed by atoms with Crippen molar-refractivity contribution < 1.29 is 24.2 Å². The summed E-state index contributed by atoms with van der Waals surface area (Å²) >= 11 is 0. The number of pyridine rings is 1. The van der Waals surface area contributed by atoms with Crippen LogP contribution in [0.15, 0.2) is 65.6 Å². The van der Waals surface area contributed by atoms with Gasteiger partial charge in [-0.05, 0) is 49.2 Å². The normalized spacial score (nSPS) is 11.4. The van der Waals surface area contributed by atoms with Gasteiger partial charge in [0.2, 0.25) is 0 Å². The Hall–Kier alpha value is -4.27. The number of anilines is 1. The zero-order valence-corrected chi connectivity index (χ0v) is 19.2. The molecular formula is C25H27N3O6. The number of benzene rings is 2. The molecule has 9 heteroatoms. The molecule has 1 aromatic heterocycles. The average molecular weight is 466 g/mol. The smallest absolute Gasteiger partial charge is 0.319 e. The molecule has 1 atom stereocenters. The fourth-order valence-corrected chi connectivity index (χ4v) is 3.25. The van der Waals surface area contributed by atoms with E-state index in [1.165, 1.54) is 23.9 Å². The van der Waals surface area contributed by atoms with Crippen LogP contribution >= 0.6 is 0 Å². The van der Waals surface area contributed by atoms with Crippen molar-refractivity contribution in [3.05, 3.63) is 82.3 Å². The molecule has 0 saturated carbocycles. The molecular weight excluding hydrogens is 438 g/mol. The van der Waals surface area contributed by atoms with E-state index in [1.807, 2.05) is 31.2 Å². The van der Waals surface area contributed by atoms with Crippen molar-refractivity contribution in [2.75, 3.05) is 11.9 Å². The highest BCUT2D eigenvalue weighted by molar-refractivity contribution is 5.91. The van der Waals surface area contributed by atoms with Gasteiger partial charge in [-0.25, -0.2) is 4.79 Å². The molecule has 3 N–H and O–H groups in total. The summed E-state index contributed by atoms with van der Waals surface area (Å²) in [5.74, 6) is 0.458. The molecule has 34 heavy (non-hydrogen) atoms. The van der Waals surface area contributed by atoms with E-state index in [9.17, 15) is 19.5 Å². The van der Waals surface area contributed by atoms with Crippen molar-refractivity contribution in [3.63, 3.8) is 0 Å². The summed E-state index contributed by atoms with van der Waals surface area (Å²) in [5.41, 5.74) is 0.778. The van der Waals surface area contributed by atoms with Crippen molar-refractivity contribution in [3.8, 4) is 17.2 Å². The van der Waals surface area contributed by atoms with Crippen molar-refractivity contribution >= 4 is 17.7 Å². The number of carbonyl (C=O) groups excluding carboxylic acids is 2.